The molecule has 0 bridgehead atoms. The van der Waals surface area contributed by atoms with Gasteiger partial charge in [-0.1, -0.05) is 6.07 Å². The molecule has 3 nitrogen and oxygen atoms in total. The second-order valence-corrected chi connectivity index (χ2v) is 6.68. The third-order valence-electron chi connectivity index (χ3n) is 5.19. The molecule has 22 heavy (non-hydrogen) atoms. The van der Waals surface area contributed by atoms with Crippen molar-refractivity contribution in [2.75, 3.05) is 19.6 Å². The van der Waals surface area contributed by atoms with Crippen LogP contribution in [0.2, 0.25) is 0 Å². The van der Waals surface area contributed by atoms with Crippen LogP contribution in [0.4, 0.5) is 8.78 Å². The van der Waals surface area contributed by atoms with Crippen LogP contribution in [0.25, 0.3) is 0 Å². The van der Waals surface area contributed by atoms with E-state index in [1.165, 1.54) is 12.1 Å². The number of piperidine rings is 1. The zero-order valence-corrected chi connectivity index (χ0v) is 13.0. The van der Waals surface area contributed by atoms with Gasteiger partial charge >= 0.3 is 0 Å². The van der Waals surface area contributed by atoms with Crippen LogP contribution in [0.3, 0.4) is 0 Å². The van der Waals surface area contributed by atoms with E-state index in [0.717, 1.165) is 19.2 Å². The lowest BCUT2D eigenvalue weighted by Crippen LogP contribution is -2.45. The summed E-state index contributed by atoms with van der Waals surface area (Å²) in [6, 6.07) is 3.81. The highest BCUT2D eigenvalue weighted by Gasteiger charge is 2.55. The van der Waals surface area contributed by atoms with Gasteiger partial charge in [-0.3, -0.25) is 4.79 Å². The maximum atomic E-state index is 14.3. The van der Waals surface area contributed by atoms with Gasteiger partial charge in [-0.2, -0.15) is 0 Å². The van der Waals surface area contributed by atoms with Crippen LogP contribution in [0.5, 0.6) is 0 Å². The lowest BCUT2D eigenvalue weighted by molar-refractivity contribution is -0.139. The van der Waals surface area contributed by atoms with Crippen molar-refractivity contribution in [3.8, 4) is 0 Å². The van der Waals surface area contributed by atoms with Gasteiger partial charge in [0, 0.05) is 24.6 Å². The Bertz CT molecular complexity index is 582. The van der Waals surface area contributed by atoms with Crippen LogP contribution >= 0.6 is 0 Å². The summed E-state index contributed by atoms with van der Waals surface area (Å²) in [5, 5.41) is 3.27. The quantitative estimate of drug-likeness (QED) is 0.911. The maximum absolute atomic E-state index is 14.3. The number of rotatable bonds is 2. The summed E-state index contributed by atoms with van der Waals surface area (Å²) >= 11 is 0. The zero-order valence-electron chi connectivity index (χ0n) is 13.0. The summed E-state index contributed by atoms with van der Waals surface area (Å²) in [7, 11) is 0. The first-order valence-corrected chi connectivity index (χ1v) is 7.92. The molecule has 1 amide bonds. The van der Waals surface area contributed by atoms with E-state index in [-0.39, 0.29) is 17.9 Å². The average molecular weight is 308 g/mol. The number of likely N-dealkylation sites (tertiary alicyclic amines) is 1. The summed E-state index contributed by atoms with van der Waals surface area (Å²) in [5.41, 5.74) is -0.0754. The highest BCUT2D eigenvalue weighted by molar-refractivity contribution is 5.87. The molecular formula is C17H22F2N2O. The Kier molecular flexibility index (Phi) is 3.93. The fourth-order valence-electron chi connectivity index (χ4n) is 3.95. The molecule has 0 saturated carbocycles. The van der Waals surface area contributed by atoms with Crippen LogP contribution in [-0.4, -0.2) is 36.5 Å². The van der Waals surface area contributed by atoms with Crippen molar-refractivity contribution in [1.82, 2.24) is 10.2 Å². The van der Waals surface area contributed by atoms with Gasteiger partial charge in [0.05, 0.1) is 5.41 Å². The fraction of sp³-hybridized carbons (Fsp3) is 0.588. The number of hydrogen-bond donors (Lipinski definition) is 1. The second kappa shape index (κ2) is 5.61. The van der Waals surface area contributed by atoms with Gasteiger partial charge < -0.3 is 10.2 Å². The number of carbonyl (C=O) groups excluding carboxylic acids is 1. The van der Waals surface area contributed by atoms with Crippen molar-refractivity contribution in [2.24, 2.45) is 5.41 Å². The largest absolute Gasteiger partial charge is 0.339 e. The highest BCUT2D eigenvalue weighted by atomic mass is 19.1. The minimum atomic E-state index is -0.578. The van der Waals surface area contributed by atoms with Crippen molar-refractivity contribution in [1.29, 1.82) is 0 Å². The Labute approximate surface area is 129 Å². The molecule has 1 aromatic rings. The maximum Gasteiger partial charge on any atom is 0.229 e. The van der Waals surface area contributed by atoms with Gasteiger partial charge in [0.1, 0.15) is 11.6 Å². The van der Waals surface area contributed by atoms with E-state index in [9.17, 15) is 13.6 Å². The van der Waals surface area contributed by atoms with Gasteiger partial charge in [0.15, 0.2) is 0 Å². The third-order valence-corrected chi connectivity index (χ3v) is 5.19. The Morgan fingerprint density at radius 2 is 1.95 bits per heavy atom. The van der Waals surface area contributed by atoms with E-state index in [0.29, 0.717) is 24.9 Å². The molecule has 1 spiro atoms. The SMILES string of the molecule is CC(C)N1CC(c2ccc(F)cc2F)C2(CCNCC2)C1=O. The zero-order chi connectivity index (χ0) is 15.9. The molecule has 0 aromatic heterocycles. The van der Waals surface area contributed by atoms with Crippen LogP contribution in [-0.2, 0) is 4.79 Å². The molecule has 0 radical (unpaired) electrons. The van der Waals surface area contributed by atoms with Gasteiger partial charge in [-0.15, -0.1) is 0 Å². The first kappa shape index (κ1) is 15.4. The van der Waals surface area contributed by atoms with Crippen molar-refractivity contribution >= 4 is 5.91 Å². The molecule has 2 aliphatic rings. The number of hydrogen-bond acceptors (Lipinski definition) is 2. The summed E-state index contributed by atoms with van der Waals surface area (Å²) < 4.78 is 27.5. The number of nitrogens with one attached hydrogen (secondary N) is 1. The smallest absolute Gasteiger partial charge is 0.229 e. The van der Waals surface area contributed by atoms with Gasteiger partial charge in [-0.05, 0) is 51.4 Å². The first-order valence-electron chi connectivity index (χ1n) is 7.92. The van der Waals surface area contributed by atoms with Crippen molar-refractivity contribution in [3.05, 3.63) is 35.4 Å². The summed E-state index contributed by atoms with van der Waals surface area (Å²) in [4.78, 5) is 14.8. The monoisotopic (exact) mass is 308 g/mol. The molecule has 1 aromatic carbocycles. The molecule has 0 aliphatic carbocycles. The van der Waals surface area contributed by atoms with Crippen molar-refractivity contribution in [3.63, 3.8) is 0 Å². The average Bonchev–Trinajstić information content (AvgIpc) is 2.74. The molecule has 2 saturated heterocycles. The van der Waals surface area contributed by atoms with Crippen molar-refractivity contribution in [2.45, 2.75) is 38.6 Å². The number of nitrogens with zero attached hydrogens (tertiary/aromatic N) is 1. The summed E-state index contributed by atoms with van der Waals surface area (Å²) in [6.07, 6.45) is 1.41. The Hall–Kier alpha value is -1.49. The van der Waals surface area contributed by atoms with Crippen LogP contribution in [0.15, 0.2) is 18.2 Å². The molecule has 2 fully saturated rings. The van der Waals surface area contributed by atoms with E-state index >= 15 is 0 Å². The Balaban J connectivity index is 2.05. The summed E-state index contributed by atoms with van der Waals surface area (Å²) in [6.45, 7) is 6.00. The van der Waals surface area contributed by atoms with E-state index in [1.54, 1.807) is 0 Å². The molecule has 1 unspecified atom stereocenters. The van der Waals surface area contributed by atoms with Crippen molar-refractivity contribution < 1.29 is 13.6 Å². The van der Waals surface area contributed by atoms with Gasteiger partial charge in [0.2, 0.25) is 5.91 Å². The first-order chi connectivity index (χ1) is 10.5. The van der Waals surface area contributed by atoms with E-state index < -0.39 is 17.0 Å². The molecule has 5 heteroatoms. The van der Waals surface area contributed by atoms with Gasteiger partial charge in [-0.25, -0.2) is 8.78 Å². The molecule has 2 aliphatic heterocycles. The second-order valence-electron chi connectivity index (χ2n) is 6.68. The van der Waals surface area contributed by atoms with E-state index in [2.05, 4.69) is 5.32 Å². The standard InChI is InChI=1S/C17H22F2N2O/c1-11(2)21-10-14(13-4-3-12(18)9-15(13)19)17(16(21)22)5-7-20-8-6-17/h3-4,9,11,14,20H,5-8,10H2,1-2H3. The molecule has 3 rings (SSSR count). The number of carbonyl (C=O) groups is 1. The Morgan fingerprint density at radius 1 is 1.27 bits per heavy atom. The molecule has 1 atom stereocenters. The third kappa shape index (κ3) is 2.32. The van der Waals surface area contributed by atoms with Crippen LogP contribution < -0.4 is 5.32 Å². The molecule has 1 N–H and O–H groups in total. The molecular weight excluding hydrogens is 286 g/mol. The fourth-order valence-corrected chi connectivity index (χ4v) is 3.95. The normalized spacial score (nSPS) is 24.5. The van der Waals surface area contributed by atoms with E-state index in [1.807, 2.05) is 18.7 Å². The predicted octanol–water partition coefficient (Wildman–Crippen LogP) is 2.67. The number of halogens is 2. The molecule has 2 heterocycles. The Morgan fingerprint density at radius 3 is 2.55 bits per heavy atom. The van der Waals surface area contributed by atoms with Crippen LogP contribution in [0, 0.1) is 17.0 Å². The van der Waals surface area contributed by atoms with Gasteiger partial charge in [0.25, 0.3) is 0 Å². The number of benzene rings is 1. The van der Waals surface area contributed by atoms with Crippen LogP contribution in [0.1, 0.15) is 38.2 Å². The minimum Gasteiger partial charge on any atom is -0.339 e. The number of amides is 1. The lowest BCUT2D eigenvalue weighted by Gasteiger charge is -2.37. The predicted molar refractivity (Wildman–Crippen MR) is 80.5 cm³/mol. The summed E-state index contributed by atoms with van der Waals surface area (Å²) in [5.74, 6) is -1.20. The highest BCUT2D eigenvalue weighted by Crippen LogP contribution is 2.50. The molecule has 120 valence electrons. The lowest BCUT2D eigenvalue weighted by atomic mass is 9.68. The topological polar surface area (TPSA) is 32.3 Å². The minimum absolute atomic E-state index is 0.0905. The van der Waals surface area contributed by atoms with E-state index in [4.69, 9.17) is 0 Å².